The van der Waals surface area contributed by atoms with Gasteiger partial charge in [0.15, 0.2) is 6.29 Å². The Labute approximate surface area is 159 Å². The van der Waals surface area contributed by atoms with Crippen molar-refractivity contribution in [3.63, 3.8) is 0 Å². The average molecular weight is 374 g/mol. The zero-order valence-corrected chi connectivity index (χ0v) is 16.8. The van der Waals surface area contributed by atoms with Crippen LogP contribution in [0.1, 0.15) is 83.5 Å². The van der Waals surface area contributed by atoms with Gasteiger partial charge in [0.1, 0.15) is 0 Å². The fourth-order valence-electron chi connectivity index (χ4n) is 2.57. The summed E-state index contributed by atoms with van der Waals surface area (Å²) in [6.07, 6.45) is 16.9. The fourth-order valence-corrected chi connectivity index (χ4v) is 2.57. The van der Waals surface area contributed by atoms with E-state index < -0.39 is 0 Å². The topological polar surface area (TPSA) is 18.5 Å². The maximum absolute atomic E-state index is 5.73. The molecule has 0 saturated carbocycles. The van der Waals surface area contributed by atoms with Crippen molar-refractivity contribution < 1.29 is 26.5 Å². The van der Waals surface area contributed by atoms with Crippen molar-refractivity contribution in [3.05, 3.63) is 6.92 Å². The van der Waals surface area contributed by atoms with E-state index in [4.69, 9.17) is 9.47 Å². The number of rotatable bonds is 12. The first kappa shape index (κ1) is 24.4. The molecule has 0 aromatic heterocycles. The molecule has 1 fully saturated rings. The van der Waals surface area contributed by atoms with Gasteiger partial charge in [0.25, 0.3) is 0 Å². The van der Waals surface area contributed by atoms with E-state index in [0.717, 1.165) is 26.1 Å². The largest absolute Gasteiger partial charge is 2.00 e. The van der Waals surface area contributed by atoms with Crippen LogP contribution in [0.5, 0.6) is 0 Å². The Hall–Kier alpha value is 1.17. The summed E-state index contributed by atoms with van der Waals surface area (Å²) >= 11 is 0. The summed E-state index contributed by atoms with van der Waals surface area (Å²) in [6, 6.07) is 0. The van der Waals surface area contributed by atoms with E-state index in [-0.39, 0.29) is 46.3 Å². The van der Waals surface area contributed by atoms with Crippen LogP contribution in [0.25, 0.3) is 0 Å². The summed E-state index contributed by atoms with van der Waals surface area (Å²) in [5.74, 6) is 0. The number of unbranched alkanes of at least 4 members (excludes halogenated alkanes) is 9. The van der Waals surface area contributed by atoms with Gasteiger partial charge >= 0.3 is 23.1 Å². The molecule has 0 bridgehead atoms. The standard InChI is InChI=1S/C17H33O2.BrH.Mg/c1-2-3-4-5-6-7-8-9-10-12-15-18-17-14-11-13-16-19-17;;/h17H,1-16H2;1H;/q-1;;+2/p-1. The summed E-state index contributed by atoms with van der Waals surface area (Å²) in [4.78, 5) is 0. The minimum atomic E-state index is 0. The van der Waals surface area contributed by atoms with Gasteiger partial charge < -0.3 is 33.4 Å². The molecule has 1 aliphatic heterocycles. The van der Waals surface area contributed by atoms with Crippen molar-refractivity contribution in [1.29, 1.82) is 0 Å². The molecular weight excluding hydrogens is 340 g/mol. The summed E-state index contributed by atoms with van der Waals surface area (Å²) in [6.45, 7) is 5.65. The Bertz CT molecular complexity index is 188. The first-order chi connectivity index (χ1) is 9.43. The van der Waals surface area contributed by atoms with Crippen LogP contribution in [-0.4, -0.2) is 42.6 Å². The van der Waals surface area contributed by atoms with E-state index in [1.165, 1.54) is 70.6 Å². The van der Waals surface area contributed by atoms with Crippen LogP contribution in [-0.2, 0) is 9.47 Å². The Morgan fingerprint density at radius 3 is 1.95 bits per heavy atom. The molecule has 0 radical (unpaired) electrons. The molecule has 4 heteroatoms. The second-order valence-electron chi connectivity index (χ2n) is 5.70. The summed E-state index contributed by atoms with van der Waals surface area (Å²) < 4.78 is 11.3. The molecule has 1 heterocycles. The van der Waals surface area contributed by atoms with Crippen molar-refractivity contribution in [1.82, 2.24) is 0 Å². The first-order valence-corrected chi connectivity index (χ1v) is 8.46. The van der Waals surface area contributed by atoms with Crippen molar-refractivity contribution in [3.8, 4) is 0 Å². The molecule has 122 valence electrons. The predicted molar refractivity (Wildman–Crippen MR) is 86.8 cm³/mol. The van der Waals surface area contributed by atoms with Crippen molar-refractivity contribution in [2.24, 2.45) is 0 Å². The fraction of sp³-hybridized carbons (Fsp3) is 0.941. The summed E-state index contributed by atoms with van der Waals surface area (Å²) in [5.41, 5.74) is 0. The minimum Gasteiger partial charge on any atom is -1.00 e. The van der Waals surface area contributed by atoms with E-state index in [1.54, 1.807) is 0 Å². The van der Waals surface area contributed by atoms with E-state index in [9.17, 15) is 0 Å². The van der Waals surface area contributed by atoms with E-state index in [0.29, 0.717) is 0 Å². The molecule has 0 aromatic rings. The second kappa shape index (κ2) is 19.2. The van der Waals surface area contributed by atoms with Crippen LogP contribution < -0.4 is 17.0 Å². The Balaban J connectivity index is 0. The minimum absolute atomic E-state index is 0. The van der Waals surface area contributed by atoms with Gasteiger partial charge in [0.2, 0.25) is 0 Å². The summed E-state index contributed by atoms with van der Waals surface area (Å²) in [7, 11) is 0. The molecule has 1 unspecified atom stereocenters. The monoisotopic (exact) mass is 372 g/mol. The maximum atomic E-state index is 5.73. The van der Waals surface area contributed by atoms with Crippen LogP contribution in [0.15, 0.2) is 0 Å². The Kier molecular flexibility index (Phi) is 22.3. The van der Waals surface area contributed by atoms with Crippen molar-refractivity contribution >= 4 is 23.1 Å². The van der Waals surface area contributed by atoms with Gasteiger partial charge in [0.05, 0.1) is 0 Å². The second-order valence-corrected chi connectivity index (χ2v) is 5.70. The molecule has 0 spiro atoms. The molecule has 0 N–H and O–H groups in total. The molecule has 0 amide bonds. The maximum Gasteiger partial charge on any atom is 2.00 e. The third kappa shape index (κ3) is 15.8. The quantitative estimate of drug-likeness (QED) is 0.295. The van der Waals surface area contributed by atoms with Crippen LogP contribution in [0, 0.1) is 6.92 Å². The first-order valence-electron chi connectivity index (χ1n) is 8.46. The number of halogens is 1. The zero-order chi connectivity index (χ0) is 13.6. The van der Waals surface area contributed by atoms with Gasteiger partial charge in [-0.15, -0.1) is 0 Å². The van der Waals surface area contributed by atoms with Gasteiger partial charge in [-0.25, -0.2) is 0 Å². The molecule has 0 aliphatic carbocycles. The molecule has 1 aliphatic rings. The molecule has 0 aromatic carbocycles. The predicted octanol–water partition coefficient (Wildman–Crippen LogP) is 1.89. The smallest absolute Gasteiger partial charge is 1.00 e. The molecule has 1 atom stereocenters. The SMILES string of the molecule is [Br-].[CH2-]CCCCCCCCCCCOC1CCCCO1.[Mg+2]. The number of hydrogen-bond acceptors (Lipinski definition) is 2. The van der Waals surface area contributed by atoms with E-state index >= 15 is 0 Å². The third-order valence-electron chi connectivity index (χ3n) is 3.84. The summed E-state index contributed by atoms with van der Waals surface area (Å²) in [5, 5.41) is 0. The molecule has 1 saturated heterocycles. The number of ether oxygens (including phenoxy) is 2. The van der Waals surface area contributed by atoms with Crippen molar-refractivity contribution in [2.45, 2.75) is 89.8 Å². The number of hydrogen-bond donors (Lipinski definition) is 0. The van der Waals surface area contributed by atoms with Crippen LogP contribution in [0.3, 0.4) is 0 Å². The zero-order valence-electron chi connectivity index (χ0n) is 13.8. The van der Waals surface area contributed by atoms with E-state index in [2.05, 4.69) is 6.92 Å². The third-order valence-corrected chi connectivity index (χ3v) is 3.84. The molecular formula is C17H33BrMgO2. The van der Waals surface area contributed by atoms with Gasteiger partial charge in [-0.1, -0.05) is 51.4 Å². The van der Waals surface area contributed by atoms with Gasteiger partial charge in [-0.2, -0.15) is 6.42 Å². The van der Waals surface area contributed by atoms with Gasteiger partial charge in [0, 0.05) is 13.2 Å². The average Bonchev–Trinajstić information content (AvgIpc) is 2.46. The van der Waals surface area contributed by atoms with Crippen LogP contribution in [0.2, 0.25) is 0 Å². The molecule has 1 rings (SSSR count). The Morgan fingerprint density at radius 2 is 1.43 bits per heavy atom. The van der Waals surface area contributed by atoms with Crippen molar-refractivity contribution in [2.75, 3.05) is 13.2 Å². The van der Waals surface area contributed by atoms with Gasteiger partial charge in [-0.3, -0.25) is 0 Å². The van der Waals surface area contributed by atoms with Crippen LogP contribution in [0.4, 0.5) is 0 Å². The van der Waals surface area contributed by atoms with Crippen LogP contribution >= 0.6 is 0 Å². The molecule has 2 nitrogen and oxygen atoms in total. The Morgan fingerprint density at radius 1 is 0.857 bits per heavy atom. The molecule has 21 heavy (non-hydrogen) atoms. The normalized spacial score (nSPS) is 17.9. The van der Waals surface area contributed by atoms with E-state index in [1.807, 2.05) is 0 Å². The van der Waals surface area contributed by atoms with Gasteiger partial charge in [-0.05, 0) is 25.7 Å².